The van der Waals surface area contributed by atoms with Crippen molar-refractivity contribution >= 4 is 23.2 Å². The number of rotatable bonds is 5. The van der Waals surface area contributed by atoms with Crippen molar-refractivity contribution in [3.05, 3.63) is 53.6 Å². The van der Waals surface area contributed by atoms with E-state index in [0.29, 0.717) is 18.0 Å². The monoisotopic (exact) mass is 366 g/mol. The minimum absolute atomic E-state index is 0.0182. The summed E-state index contributed by atoms with van der Waals surface area (Å²) in [6.07, 6.45) is 0.288. The summed E-state index contributed by atoms with van der Waals surface area (Å²) in [6.45, 7) is 8.37. The lowest BCUT2D eigenvalue weighted by atomic mass is 10.1. The molecule has 5 nitrogen and oxygen atoms in total. The van der Waals surface area contributed by atoms with E-state index < -0.39 is 0 Å². The standard InChI is InChI=1S/C22H26N2O3/c1-14(2)27-20-7-5-6-18(12-20)23-22(26)17-11-21(25)24(13-17)19-9-8-15(3)16(4)10-19/h5-10,12,14,17H,11,13H2,1-4H3,(H,23,26)/t17-/m0/s1. The van der Waals surface area contributed by atoms with Gasteiger partial charge in [-0.1, -0.05) is 12.1 Å². The van der Waals surface area contributed by atoms with E-state index in [-0.39, 0.29) is 30.3 Å². The summed E-state index contributed by atoms with van der Waals surface area (Å²) in [5, 5.41) is 2.91. The first kappa shape index (κ1) is 19.0. The highest BCUT2D eigenvalue weighted by molar-refractivity contribution is 6.03. The number of anilines is 2. The molecule has 1 fully saturated rings. The van der Waals surface area contributed by atoms with Gasteiger partial charge in [0.1, 0.15) is 5.75 Å². The molecule has 0 radical (unpaired) electrons. The van der Waals surface area contributed by atoms with Crippen molar-refractivity contribution in [2.45, 2.75) is 40.2 Å². The van der Waals surface area contributed by atoms with Gasteiger partial charge in [0.15, 0.2) is 0 Å². The number of nitrogens with zero attached hydrogens (tertiary/aromatic N) is 1. The SMILES string of the molecule is Cc1ccc(N2C[C@@H](C(=O)Nc3cccc(OC(C)C)c3)CC2=O)cc1C. The van der Waals surface area contributed by atoms with Gasteiger partial charge in [-0.15, -0.1) is 0 Å². The molecule has 1 aliphatic heterocycles. The van der Waals surface area contributed by atoms with Gasteiger partial charge in [-0.3, -0.25) is 9.59 Å². The second-order valence-electron chi connectivity index (χ2n) is 7.36. The maximum atomic E-state index is 12.7. The Kier molecular flexibility index (Phi) is 5.49. The average Bonchev–Trinajstić information content (AvgIpc) is 2.99. The molecule has 142 valence electrons. The van der Waals surface area contributed by atoms with Gasteiger partial charge >= 0.3 is 0 Å². The summed E-state index contributed by atoms with van der Waals surface area (Å²) >= 11 is 0. The topological polar surface area (TPSA) is 58.6 Å². The van der Waals surface area contributed by atoms with E-state index in [1.54, 1.807) is 11.0 Å². The predicted octanol–water partition coefficient (Wildman–Crippen LogP) is 4.08. The molecule has 0 spiro atoms. The molecule has 1 aliphatic rings. The number of aryl methyl sites for hydroxylation is 2. The van der Waals surface area contributed by atoms with Gasteiger partial charge in [0.25, 0.3) is 0 Å². The number of amides is 2. The highest BCUT2D eigenvalue weighted by atomic mass is 16.5. The molecule has 0 bridgehead atoms. The zero-order valence-corrected chi connectivity index (χ0v) is 16.3. The molecule has 0 saturated carbocycles. The molecular weight excluding hydrogens is 340 g/mol. The minimum atomic E-state index is -0.367. The minimum Gasteiger partial charge on any atom is -0.491 e. The van der Waals surface area contributed by atoms with Crippen molar-refractivity contribution in [2.24, 2.45) is 5.92 Å². The summed E-state index contributed by atoms with van der Waals surface area (Å²) in [5.74, 6) is 0.183. The largest absolute Gasteiger partial charge is 0.491 e. The van der Waals surface area contributed by atoms with Gasteiger partial charge in [-0.05, 0) is 63.1 Å². The Hall–Kier alpha value is -2.82. The first-order valence-corrected chi connectivity index (χ1v) is 9.28. The Balaban J connectivity index is 1.68. The lowest BCUT2D eigenvalue weighted by Gasteiger charge is -2.18. The van der Waals surface area contributed by atoms with Crippen LogP contribution in [-0.4, -0.2) is 24.5 Å². The molecule has 1 saturated heterocycles. The second kappa shape index (κ2) is 7.82. The quantitative estimate of drug-likeness (QED) is 0.867. The Morgan fingerprint density at radius 3 is 2.63 bits per heavy atom. The van der Waals surface area contributed by atoms with Crippen LogP contribution >= 0.6 is 0 Å². The van der Waals surface area contributed by atoms with Gasteiger partial charge < -0.3 is 15.0 Å². The Labute approximate surface area is 160 Å². The Bertz CT molecular complexity index is 860. The van der Waals surface area contributed by atoms with E-state index in [1.807, 2.05) is 64.1 Å². The van der Waals surface area contributed by atoms with Crippen LogP contribution in [0.5, 0.6) is 5.75 Å². The Morgan fingerprint density at radius 2 is 1.93 bits per heavy atom. The number of ether oxygens (including phenoxy) is 1. The third kappa shape index (κ3) is 4.48. The van der Waals surface area contributed by atoms with Crippen molar-refractivity contribution in [3.63, 3.8) is 0 Å². The lowest BCUT2D eigenvalue weighted by Crippen LogP contribution is -2.28. The van der Waals surface area contributed by atoms with Gasteiger partial charge in [-0.2, -0.15) is 0 Å². The number of hydrogen-bond donors (Lipinski definition) is 1. The molecular formula is C22H26N2O3. The van der Waals surface area contributed by atoms with Crippen molar-refractivity contribution in [1.82, 2.24) is 0 Å². The first-order chi connectivity index (χ1) is 12.8. The molecule has 2 amide bonds. The molecule has 1 N–H and O–H groups in total. The maximum Gasteiger partial charge on any atom is 0.229 e. The van der Waals surface area contributed by atoms with E-state index in [9.17, 15) is 9.59 Å². The molecule has 5 heteroatoms. The maximum absolute atomic E-state index is 12.7. The summed E-state index contributed by atoms with van der Waals surface area (Å²) in [5.41, 5.74) is 3.85. The van der Waals surface area contributed by atoms with Gasteiger partial charge in [0.05, 0.1) is 12.0 Å². The number of carbonyl (C=O) groups is 2. The van der Waals surface area contributed by atoms with E-state index in [1.165, 1.54) is 5.56 Å². The fourth-order valence-corrected chi connectivity index (χ4v) is 3.19. The summed E-state index contributed by atoms with van der Waals surface area (Å²) < 4.78 is 5.66. The van der Waals surface area contributed by atoms with Gasteiger partial charge in [0.2, 0.25) is 11.8 Å². The van der Waals surface area contributed by atoms with Crippen LogP contribution in [0.1, 0.15) is 31.4 Å². The molecule has 0 aliphatic carbocycles. The normalized spacial score (nSPS) is 16.7. The van der Waals surface area contributed by atoms with Gasteiger partial charge in [0, 0.05) is 30.4 Å². The van der Waals surface area contributed by atoms with Crippen molar-refractivity contribution in [2.75, 3.05) is 16.8 Å². The summed E-state index contributed by atoms with van der Waals surface area (Å²) in [4.78, 5) is 26.8. The van der Waals surface area contributed by atoms with Crippen LogP contribution in [-0.2, 0) is 9.59 Å². The molecule has 3 rings (SSSR count). The highest BCUT2D eigenvalue weighted by Crippen LogP contribution is 2.28. The summed E-state index contributed by atoms with van der Waals surface area (Å²) in [6, 6.07) is 13.3. The predicted molar refractivity (Wildman–Crippen MR) is 107 cm³/mol. The van der Waals surface area contributed by atoms with E-state index in [2.05, 4.69) is 5.32 Å². The van der Waals surface area contributed by atoms with Crippen molar-refractivity contribution in [3.8, 4) is 5.75 Å². The van der Waals surface area contributed by atoms with Crippen LogP contribution in [0, 0.1) is 19.8 Å². The number of nitrogens with one attached hydrogen (secondary N) is 1. The second-order valence-corrected chi connectivity index (χ2v) is 7.36. The number of benzene rings is 2. The molecule has 1 heterocycles. The molecule has 0 unspecified atom stereocenters. The number of carbonyl (C=O) groups excluding carboxylic acids is 2. The third-order valence-corrected chi connectivity index (χ3v) is 4.77. The number of hydrogen-bond acceptors (Lipinski definition) is 3. The van der Waals surface area contributed by atoms with Crippen molar-refractivity contribution < 1.29 is 14.3 Å². The molecule has 1 atom stereocenters. The van der Waals surface area contributed by atoms with Crippen LogP contribution in [0.3, 0.4) is 0 Å². The zero-order chi connectivity index (χ0) is 19.6. The first-order valence-electron chi connectivity index (χ1n) is 9.28. The van der Waals surface area contributed by atoms with E-state index in [4.69, 9.17) is 4.74 Å². The Morgan fingerprint density at radius 1 is 1.15 bits per heavy atom. The fraction of sp³-hybridized carbons (Fsp3) is 0.364. The fourth-order valence-electron chi connectivity index (χ4n) is 3.19. The van der Waals surface area contributed by atoms with Gasteiger partial charge in [-0.25, -0.2) is 0 Å². The van der Waals surface area contributed by atoms with E-state index in [0.717, 1.165) is 11.3 Å². The smallest absolute Gasteiger partial charge is 0.229 e. The van der Waals surface area contributed by atoms with Crippen LogP contribution < -0.4 is 15.0 Å². The van der Waals surface area contributed by atoms with Crippen LogP contribution in [0.15, 0.2) is 42.5 Å². The zero-order valence-electron chi connectivity index (χ0n) is 16.3. The van der Waals surface area contributed by atoms with E-state index >= 15 is 0 Å². The lowest BCUT2D eigenvalue weighted by molar-refractivity contribution is -0.122. The highest BCUT2D eigenvalue weighted by Gasteiger charge is 2.35. The summed E-state index contributed by atoms with van der Waals surface area (Å²) in [7, 11) is 0. The van der Waals surface area contributed by atoms with Crippen LogP contribution in [0.25, 0.3) is 0 Å². The third-order valence-electron chi connectivity index (χ3n) is 4.77. The molecule has 2 aromatic carbocycles. The molecule has 2 aromatic rings. The molecule has 0 aromatic heterocycles. The van der Waals surface area contributed by atoms with Crippen molar-refractivity contribution in [1.29, 1.82) is 0 Å². The average molecular weight is 366 g/mol. The molecule has 27 heavy (non-hydrogen) atoms. The van der Waals surface area contributed by atoms with Crippen LogP contribution in [0.4, 0.5) is 11.4 Å². The van der Waals surface area contributed by atoms with Crippen LogP contribution in [0.2, 0.25) is 0 Å².